The summed E-state index contributed by atoms with van der Waals surface area (Å²) in [6.45, 7) is -0.167. The largest absolute Gasteiger partial charge is 0.504 e. The molecule has 0 atom stereocenters. The van der Waals surface area contributed by atoms with Crippen molar-refractivity contribution in [3.05, 3.63) is 63.2 Å². The molecule has 0 unspecified atom stereocenters. The maximum Gasteiger partial charge on any atom is 0.315 e. The van der Waals surface area contributed by atoms with Crippen molar-refractivity contribution in [2.24, 2.45) is 0 Å². The van der Waals surface area contributed by atoms with Gasteiger partial charge in [0.25, 0.3) is 0 Å². The lowest BCUT2D eigenvalue weighted by Gasteiger charge is -2.05. The lowest BCUT2D eigenvalue weighted by atomic mass is 10.0. The minimum atomic E-state index is -0.888. The number of benzene rings is 2. The van der Waals surface area contributed by atoms with Crippen molar-refractivity contribution in [1.82, 2.24) is 0 Å². The molecule has 0 fully saturated rings. The van der Waals surface area contributed by atoms with Crippen LogP contribution >= 0.6 is 0 Å². The topological polar surface area (TPSA) is 121 Å². The highest BCUT2D eigenvalue weighted by molar-refractivity contribution is 6.09. The number of carbonyl (C=O) groups excluding carboxylic acids is 1. The van der Waals surface area contributed by atoms with E-state index in [1.165, 1.54) is 12.1 Å². The fourth-order valence-electron chi connectivity index (χ4n) is 1.80. The number of hydrogen-bond acceptors (Lipinski definition) is 6. The standard InChI is InChI=1S/C14H11NO6/c16-7-8-1-3-9(4-2-8)13(18)10-5-11(15(20)21)14(19)12(17)6-10/h1-6,16-17,19H,7H2. The fourth-order valence-corrected chi connectivity index (χ4v) is 1.80. The van der Waals surface area contributed by atoms with Crippen LogP contribution < -0.4 is 0 Å². The number of nitro benzene ring substituents is 1. The van der Waals surface area contributed by atoms with Crippen LogP contribution in [0.4, 0.5) is 5.69 Å². The Morgan fingerprint density at radius 2 is 1.71 bits per heavy atom. The minimum Gasteiger partial charge on any atom is -0.504 e. The van der Waals surface area contributed by atoms with Gasteiger partial charge in [-0.3, -0.25) is 14.9 Å². The predicted molar refractivity (Wildman–Crippen MR) is 72.2 cm³/mol. The van der Waals surface area contributed by atoms with E-state index in [-0.39, 0.29) is 17.7 Å². The first-order valence-corrected chi connectivity index (χ1v) is 5.89. The Hall–Kier alpha value is -2.93. The third kappa shape index (κ3) is 2.82. The second kappa shape index (κ2) is 5.59. The smallest absolute Gasteiger partial charge is 0.315 e. The molecule has 0 bridgehead atoms. The third-order valence-corrected chi connectivity index (χ3v) is 2.93. The lowest BCUT2D eigenvalue weighted by Crippen LogP contribution is -2.03. The molecule has 0 aliphatic carbocycles. The van der Waals surface area contributed by atoms with Crippen LogP contribution in [0.25, 0.3) is 0 Å². The Labute approximate surface area is 118 Å². The summed E-state index contributed by atoms with van der Waals surface area (Å²) in [6, 6.07) is 7.87. The molecule has 0 amide bonds. The van der Waals surface area contributed by atoms with Gasteiger partial charge in [-0.25, -0.2) is 0 Å². The number of aromatic hydroxyl groups is 2. The molecule has 3 N–H and O–H groups in total. The zero-order chi connectivity index (χ0) is 15.6. The molecule has 7 heteroatoms. The number of nitrogens with zero attached hydrogens (tertiary/aromatic N) is 1. The highest BCUT2D eigenvalue weighted by Crippen LogP contribution is 2.36. The minimum absolute atomic E-state index is 0.117. The zero-order valence-corrected chi connectivity index (χ0v) is 10.7. The highest BCUT2D eigenvalue weighted by atomic mass is 16.6. The van der Waals surface area contributed by atoms with Crippen LogP contribution in [0.1, 0.15) is 21.5 Å². The summed E-state index contributed by atoms with van der Waals surface area (Å²) in [5.74, 6) is -2.16. The van der Waals surface area contributed by atoms with E-state index in [2.05, 4.69) is 0 Å². The SMILES string of the molecule is O=C(c1ccc(CO)cc1)c1cc(O)c(O)c([N+](=O)[O-])c1. The van der Waals surface area contributed by atoms with Gasteiger partial charge >= 0.3 is 5.69 Å². The number of phenolic OH excluding ortho intramolecular Hbond substituents is 2. The number of phenols is 2. The molecule has 21 heavy (non-hydrogen) atoms. The van der Waals surface area contributed by atoms with Gasteiger partial charge < -0.3 is 15.3 Å². The number of nitro groups is 1. The predicted octanol–water partition coefficient (Wildman–Crippen LogP) is 1.73. The summed E-state index contributed by atoms with van der Waals surface area (Å²) in [4.78, 5) is 22.1. The number of hydrogen-bond donors (Lipinski definition) is 3. The molecule has 108 valence electrons. The van der Waals surface area contributed by atoms with Gasteiger partial charge in [-0.05, 0) is 11.6 Å². The summed E-state index contributed by atoms with van der Waals surface area (Å²) in [7, 11) is 0. The first-order chi connectivity index (χ1) is 9.93. The van der Waals surface area contributed by atoms with Gasteiger partial charge in [0.1, 0.15) is 0 Å². The highest BCUT2D eigenvalue weighted by Gasteiger charge is 2.22. The Bertz CT molecular complexity index is 708. The Morgan fingerprint density at radius 1 is 1.10 bits per heavy atom. The molecule has 2 rings (SSSR count). The van der Waals surface area contributed by atoms with E-state index in [4.69, 9.17) is 5.11 Å². The quantitative estimate of drug-likeness (QED) is 0.341. The van der Waals surface area contributed by atoms with Crippen LogP contribution in [-0.2, 0) is 6.61 Å². The summed E-state index contributed by atoms with van der Waals surface area (Å²) >= 11 is 0. The van der Waals surface area contributed by atoms with Gasteiger partial charge in [0.05, 0.1) is 11.5 Å². The first kappa shape index (κ1) is 14.5. The van der Waals surface area contributed by atoms with Gasteiger partial charge in [-0.15, -0.1) is 0 Å². The van der Waals surface area contributed by atoms with E-state index in [1.807, 2.05) is 0 Å². The molecule has 7 nitrogen and oxygen atoms in total. The van der Waals surface area contributed by atoms with Crippen LogP contribution in [0, 0.1) is 10.1 Å². The monoisotopic (exact) mass is 289 g/mol. The molecule has 2 aromatic rings. The van der Waals surface area contributed by atoms with Crippen molar-refractivity contribution in [3.63, 3.8) is 0 Å². The molecule has 0 radical (unpaired) electrons. The summed E-state index contributed by atoms with van der Waals surface area (Å²) in [5, 5.41) is 38.5. The number of carbonyl (C=O) groups is 1. The Morgan fingerprint density at radius 3 is 2.24 bits per heavy atom. The second-order valence-corrected chi connectivity index (χ2v) is 4.30. The van der Waals surface area contributed by atoms with Crippen molar-refractivity contribution in [2.45, 2.75) is 6.61 Å². The van der Waals surface area contributed by atoms with Crippen LogP contribution in [0.2, 0.25) is 0 Å². The van der Waals surface area contributed by atoms with Crippen molar-refractivity contribution < 1.29 is 25.0 Å². The van der Waals surface area contributed by atoms with Crippen molar-refractivity contribution in [3.8, 4) is 11.5 Å². The second-order valence-electron chi connectivity index (χ2n) is 4.30. The lowest BCUT2D eigenvalue weighted by molar-refractivity contribution is -0.386. The normalized spacial score (nSPS) is 10.3. The summed E-state index contributed by atoms with van der Waals surface area (Å²) in [5.41, 5.74) is -0.00301. The maximum absolute atomic E-state index is 12.2. The van der Waals surface area contributed by atoms with Gasteiger partial charge in [0.2, 0.25) is 5.75 Å². The van der Waals surface area contributed by atoms with Crippen LogP contribution in [0.5, 0.6) is 11.5 Å². The van der Waals surface area contributed by atoms with Gasteiger partial charge in [0, 0.05) is 17.2 Å². The molecule has 0 aliphatic rings. The number of aliphatic hydroxyl groups excluding tert-OH is 1. The molecule has 0 aromatic heterocycles. The molecule has 0 heterocycles. The average molecular weight is 289 g/mol. The molecular formula is C14H11NO6. The number of ketones is 1. The summed E-state index contributed by atoms with van der Waals surface area (Å²) in [6.07, 6.45) is 0. The van der Waals surface area contributed by atoms with E-state index in [9.17, 15) is 25.1 Å². The number of rotatable bonds is 4. The number of aliphatic hydroxyl groups is 1. The zero-order valence-electron chi connectivity index (χ0n) is 10.7. The van der Waals surface area contributed by atoms with E-state index < -0.39 is 27.9 Å². The third-order valence-electron chi connectivity index (χ3n) is 2.93. The molecule has 0 saturated carbocycles. The molecule has 2 aromatic carbocycles. The molecule has 0 saturated heterocycles. The van der Waals surface area contributed by atoms with Gasteiger partial charge in [-0.2, -0.15) is 0 Å². The molecule has 0 spiro atoms. The van der Waals surface area contributed by atoms with Crippen LogP contribution in [-0.4, -0.2) is 26.0 Å². The fraction of sp³-hybridized carbons (Fsp3) is 0.0714. The summed E-state index contributed by atoms with van der Waals surface area (Å²) < 4.78 is 0. The van der Waals surface area contributed by atoms with Gasteiger partial charge in [0.15, 0.2) is 11.5 Å². The van der Waals surface area contributed by atoms with Gasteiger partial charge in [-0.1, -0.05) is 24.3 Å². The van der Waals surface area contributed by atoms with Crippen LogP contribution in [0.3, 0.4) is 0 Å². The van der Waals surface area contributed by atoms with E-state index in [1.54, 1.807) is 12.1 Å². The van der Waals surface area contributed by atoms with E-state index in [0.717, 1.165) is 12.1 Å². The molecular weight excluding hydrogens is 278 g/mol. The van der Waals surface area contributed by atoms with Crippen LogP contribution in [0.15, 0.2) is 36.4 Å². The van der Waals surface area contributed by atoms with E-state index >= 15 is 0 Å². The Kier molecular flexibility index (Phi) is 3.86. The Balaban J connectivity index is 2.45. The van der Waals surface area contributed by atoms with Crippen molar-refractivity contribution in [2.75, 3.05) is 0 Å². The maximum atomic E-state index is 12.2. The first-order valence-electron chi connectivity index (χ1n) is 5.89. The van der Waals surface area contributed by atoms with E-state index in [0.29, 0.717) is 5.56 Å². The average Bonchev–Trinajstić information content (AvgIpc) is 2.49. The molecule has 0 aliphatic heterocycles. The van der Waals surface area contributed by atoms with Crippen molar-refractivity contribution >= 4 is 11.5 Å². The van der Waals surface area contributed by atoms with Crippen molar-refractivity contribution in [1.29, 1.82) is 0 Å².